The topological polar surface area (TPSA) is 44.5 Å². The van der Waals surface area contributed by atoms with Crippen molar-refractivity contribution in [2.45, 2.75) is 32.2 Å². The van der Waals surface area contributed by atoms with Crippen LogP contribution in [0.25, 0.3) is 0 Å². The van der Waals surface area contributed by atoms with Crippen LogP contribution in [0.1, 0.15) is 24.0 Å². The van der Waals surface area contributed by atoms with Crippen LogP contribution >= 0.6 is 0 Å². The highest BCUT2D eigenvalue weighted by Crippen LogP contribution is 2.22. The lowest BCUT2D eigenvalue weighted by atomic mass is 10.1. The largest absolute Gasteiger partial charge is 0.496 e. The molecular formula is C13H18F3NO2. The van der Waals surface area contributed by atoms with E-state index in [-0.39, 0.29) is 19.6 Å². The zero-order chi connectivity index (χ0) is 14.3. The number of alkyl halides is 3. The molecule has 0 amide bonds. The van der Waals surface area contributed by atoms with Gasteiger partial charge in [-0.1, -0.05) is 6.07 Å². The highest BCUT2D eigenvalue weighted by atomic mass is 19.4. The van der Waals surface area contributed by atoms with E-state index in [2.05, 4.69) is 0 Å². The molecule has 0 spiro atoms. The molecule has 0 atom stereocenters. The van der Waals surface area contributed by atoms with Crippen LogP contribution in [0.15, 0.2) is 18.2 Å². The Morgan fingerprint density at radius 2 is 2.00 bits per heavy atom. The lowest BCUT2D eigenvalue weighted by molar-refractivity contribution is -0.138. The molecule has 2 N–H and O–H groups in total. The number of nitrogens with two attached hydrogens (primary N) is 1. The van der Waals surface area contributed by atoms with E-state index < -0.39 is 12.6 Å². The molecule has 108 valence electrons. The minimum absolute atomic E-state index is 0.0244. The second-order valence-electron chi connectivity index (χ2n) is 4.12. The molecule has 1 aromatic carbocycles. The standard InChI is InChI=1S/C13H18F3NO2/c1-18-12-4-3-10(7-11(12)8-17)9-19-6-2-5-13(14,15)16/h3-4,7H,2,5-6,8-9,17H2,1H3. The van der Waals surface area contributed by atoms with E-state index in [0.29, 0.717) is 12.3 Å². The van der Waals surface area contributed by atoms with Gasteiger partial charge < -0.3 is 15.2 Å². The van der Waals surface area contributed by atoms with Gasteiger partial charge in [0.05, 0.1) is 13.7 Å². The van der Waals surface area contributed by atoms with Crippen LogP contribution in [0.3, 0.4) is 0 Å². The third kappa shape index (κ3) is 5.94. The minimum atomic E-state index is -4.11. The summed E-state index contributed by atoms with van der Waals surface area (Å²) in [6, 6.07) is 5.42. The second kappa shape index (κ2) is 7.35. The van der Waals surface area contributed by atoms with E-state index in [1.165, 1.54) is 0 Å². The van der Waals surface area contributed by atoms with Gasteiger partial charge in [-0.25, -0.2) is 0 Å². The second-order valence-corrected chi connectivity index (χ2v) is 4.12. The average molecular weight is 277 g/mol. The molecule has 19 heavy (non-hydrogen) atoms. The Labute approximate surface area is 110 Å². The Morgan fingerprint density at radius 3 is 2.58 bits per heavy atom. The average Bonchev–Trinajstić information content (AvgIpc) is 2.36. The maximum atomic E-state index is 11.9. The van der Waals surface area contributed by atoms with Crippen molar-refractivity contribution >= 4 is 0 Å². The van der Waals surface area contributed by atoms with Crippen molar-refractivity contribution < 1.29 is 22.6 Å². The van der Waals surface area contributed by atoms with Gasteiger partial charge in [0.15, 0.2) is 0 Å². The molecule has 0 saturated heterocycles. The predicted molar refractivity (Wildman–Crippen MR) is 65.8 cm³/mol. The van der Waals surface area contributed by atoms with E-state index in [0.717, 1.165) is 11.1 Å². The van der Waals surface area contributed by atoms with Crippen molar-refractivity contribution in [1.29, 1.82) is 0 Å². The van der Waals surface area contributed by atoms with E-state index in [1.54, 1.807) is 13.2 Å². The molecule has 0 unspecified atom stereocenters. The molecule has 0 radical (unpaired) electrons. The first-order valence-corrected chi connectivity index (χ1v) is 5.96. The van der Waals surface area contributed by atoms with E-state index in [1.807, 2.05) is 12.1 Å². The van der Waals surface area contributed by atoms with Gasteiger partial charge in [-0.2, -0.15) is 13.2 Å². The number of benzene rings is 1. The molecule has 0 aliphatic carbocycles. The molecule has 0 aromatic heterocycles. The lowest BCUT2D eigenvalue weighted by Crippen LogP contribution is -2.09. The first kappa shape index (κ1) is 15.8. The fourth-order valence-electron chi connectivity index (χ4n) is 1.65. The van der Waals surface area contributed by atoms with Gasteiger partial charge in [0.1, 0.15) is 5.75 Å². The van der Waals surface area contributed by atoms with Gasteiger partial charge in [-0.05, 0) is 24.1 Å². The Hall–Kier alpha value is -1.27. The molecule has 3 nitrogen and oxygen atoms in total. The molecule has 1 aromatic rings. The van der Waals surface area contributed by atoms with Crippen molar-refractivity contribution in [3.8, 4) is 5.75 Å². The van der Waals surface area contributed by atoms with Crippen molar-refractivity contribution in [3.63, 3.8) is 0 Å². The fourth-order valence-corrected chi connectivity index (χ4v) is 1.65. The van der Waals surface area contributed by atoms with Gasteiger partial charge >= 0.3 is 6.18 Å². The van der Waals surface area contributed by atoms with Crippen LogP contribution in [0.5, 0.6) is 5.75 Å². The molecule has 0 heterocycles. The summed E-state index contributed by atoms with van der Waals surface area (Å²) in [4.78, 5) is 0. The van der Waals surface area contributed by atoms with Crippen LogP contribution in [0.4, 0.5) is 13.2 Å². The summed E-state index contributed by atoms with van der Waals surface area (Å²) in [5.41, 5.74) is 7.29. The monoisotopic (exact) mass is 277 g/mol. The maximum Gasteiger partial charge on any atom is 0.389 e. The molecule has 0 saturated carbocycles. The minimum Gasteiger partial charge on any atom is -0.496 e. The molecule has 6 heteroatoms. The van der Waals surface area contributed by atoms with E-state index in [9.17, 15) is 13.2 Å². The number of hydrogen-bond donors (Lipinski definition) is 1. The van der Waals surface area contributed by atoms with Gasteiger partial charge in [-0.3, -0.25) is 0 Å². The fraction of sp³-hybridized carbons (Fsp3) is 0.538. The Balaban J connectivity index is 2.37. The lowest BCUT2D eigenvalue weighted by Gasteiger charge is -2.10. The van der Waals surface area contributed by atoms with Crippen LogP contribution in [-0.4, -0.2) is 19.9 Å². The highest BCUT2D eigenvalue weighted by molar-refractivity contribution is 5.36. The number of methoxy groups -OCH3 is 1. The first-order valence-electron chi connectivity index (χ1n) is 5.96. The molecule has 0 fully saturated rings. The van der Waals surface area contributed by atoms with Crippen LogP contribution in [0.2, 0.25) is 0 Å². The molecular weight excluding hydrogens is 259 g/mol. The van der Waals surface area contributed by atoms with Gasteiger partial charge in [0.25, 0.3) is 0 Å². The smallest absolute Gasteiger partial charge is 0.389 e. The zero-order valence-electron chi connectivity index (χ0n) is 10.8. The number of halogens is 3. The summed E-state index contributed by atoms with van der Waals surface area (Å²) in [6.45, 7) is 0.698. The van der Waals surface area contributed by atoms with Crippen LogP contribution in [0, 0.1) is 0 Å². The van der Waals surface area contributed by atoms with E-state index >= 15 is 0 Å². The van der Waals surface area contributed by atoms with Crippen molar-refractivity contribution in [2.24, 2.45) is 5.73 Å². The normalized spacial score (nSPS) is 11.6. The number of ether oxygens (including phenoxy) is 2. The number of rotatable bonds is 7. The predicted octanol–water partition coefficient (Wildman–Crippen LogP) is 3.01. The van der Waals surface area contributed by atoms with Crippen LogP contribution < -0.4 is 10.5 Å². The van der Waals surface area contributed by atoms with Crippen molar-refractivity contribution in [1.82, 2.24) is 0 Å². The maximum absolute atomic E-state index is 11.9. The molecule has 0 aliphatic rings. The SMILES string of the molecule is COc1ccc(COCCCC(F)(F)F)cc1CN. The summed E-state index contributed by atoms with van der Waals surface area (Å²) in [5, 5.41) is 0. The summed E-state index contributed by atoms with van der Waals surface area (Å²) in [6.07, 6.45) is -4.96. The summed E-state index contributed by atoms with van der Waals surface area (Å²) in [7, 11) is 1.56. The van der Waals surface area contributed by atoms with Crippen LogP contribution in [-0.2, 0) is 17.9 Å². The van der Waals surface area contributed by atoms with Gasteiger partial charge in [0, 0.05) is 25.1 Å². The Morgan fingerprint density at radius 1 is 1.26 bits per heavy atom. The Bertz CT molecular complexity index is 394. The molecule has 0 bridgehead atoms. The Kier molecular flexibility index (Phi) is 6.11. The number of hydrogen-bond acceptors (Lipinski definition) is 3. The highest BCUT2D eigenvalue weighted by Gasteiger charge is 2.25. The first-order chi connectivity index (χ1) is 8.96. The third-order valence-corrected chi connectivity index (χ3v) is 2.58. The van der Waals surface area contributed by atoms with Gasteiger partial charge in [0.2, 0.25) is 0 Å². The summed E-state index contributed by atoms with van der Waals surface area (Å²) in [5.74, 6) is 0.698. The molecule has 1 rings (SSSR count). The quantitative estimate of drug-likeness (QED) is 0.779. The summed E-state index contributed by atoms with van der Waals surface area (Å²) < 4.78 is 46.0. The van der Waals surface area contributed by atoms with Crippen molar-refractivity contribution in [3.05, 3.63) is 29.3 Å². The van der Waals surface area contributed by atoms with Crippen molar-refractivity contribution in [2.75, 3.05) is 13.7 Å². The van der Waals surface area contributed by atoms with Gasteiger partial charge in [-0.15, -0.1) is 0 Å². The zero-order valence-corrected chi connectivity index (χ0v) is 10.8. The molecule has 0 aliphatic heterocycles. The van der Waals surface area contributed by atoms with E-state index in [4.69, 9.17) is 15.2 Å². The third-order valence-electron chi connectivity index (χ3n) is 2.58. The summed E-state index contributed by atoms with van der Waals surface area (Å²) >= 11 is 0.